The van der Waals surface area contributed by atoms with Gasteiger partial charge in [0.25, 0.3) is 0 Å². The van der Waals surface area contributed by atoms with Gasteiger partial charge in [0.1, 0.15) is 0 Å². The molecular weight excluding hydrogens is 438 g/mol. The lowest BCUT2D eigenvalue weighted by Gasteiger charge is -2.10. The van der Waals surface area contributed by atoms with E-state index in [2.05, 4.69) is 31.8 Å². The van der Waals surface area contributed by atoms with Crippen molar-refractivity contribution in [2.75, 3.05) is 19.0 Å². The van der Waals surface area contributed by atoms with Crippen LogP contribution >= 0.6 is 15.9 Å². The Morgan fingerprint density at radius 1 is 1.07 bits per heavy atom. The summed E-state index contributed by atoms with van der Waals surface area (Å²) in [5.41, 5.74) is 3.84. The molecule has 0 atom stereocenters. The van der Waals surface area contributed by atoms with E-state index in [-0.39, 0.29) is 24.7 Å². The van der Waals surface area contributed by atoms with Crippen molar-refractivity contribution in [3.8, 4) is 11.5 Å². The van der Waals surface area contributed by atoms with Gasteiger partial charge in [-0.25, -0.2) is 5.43 Å². The number of hydrazone groups is 1. The Bertz CT molecular complexity index is 854. The minimum absolute atomic E-state index is 0.0345. The predicted molar refractivity (Wildman–Crippen MR) is 117 cm³/mol. The van der Waals surface area contributed by atoms with Crippen molar-refractivity contribution in [1.82, 2.24) is 5.43 Å². The number of benzene rings is 2. The van der Waals surface area contributed by atoms with Gasteiger partial charge in [-0.3, -0.25) is 9.59 Å². The lowest BCUT2D eigenvalue weighted by molar-refractivity contribution is -0.124. The average Bonchev–Trinajstić information content (AvgIpc) is 2.72. The average molecular weight is 462 g/mol. The van der Waals surface area contributed by atoms with E-state index in [1.807, 2.05) is 25.1 Å². The van der Waals surface area contributed by atoms with Gasteiger partial charge in [0.05, 0.1) is 19.9 Å². The summed E-state index contributed by atoms with van der Waals surface area (Å²) in [6, 6.07) is 12.6. The van der Waals surface area contributed by atoms with Crippen LogP contribution in [-0.4, -0.2) is 31.7 Å². The molecule has 0 radical (unpaired) electrons. The highest BCUT2D eigenvalue weighted by Crippen LogP contribution is 2.27. The summed E-state index contributed by atoms with van der Waals surface area (Å²) >= 11 is 3.33. The standard InChI is InChI=1S/C21H24BrN3O4/c1-3-12-29-18-9-4-15(13-19(18)28-2)14-23-25-21(27)11-10-20(26)24-17-7-5-16(22)6-8-17/h4-9,13-14H,3,10-12H2,1-2H3,(H,24,26)(H,25,27)/b23-14-. The van der Waals surface area contributed by atoms with Crippen molar-refractivity contribution >= 4 is 39.6 Å². The van der Waals surface area contributed by atoms with Crippen molar-refractivity contribution < 1.29 is 19.1 Å². The Morgan fingerprint density at radius 3 is 2.48 bits per heavy atom. The predicted octanol–water partition coefficient (Wildman–Crippen LogP) is 4.12. The summed E-state index contributed by atoms with van der Waals surface area (Å²) in [6.45, 7) is 2.63. The number of rotatable bonds is 10. The Hall–Kier alpha value is -2.87. The molecule has 0 aliphatic carbocycles. The molecule has 2 aromatic carbocycles. The van der Waals surface area contributed by atoms with Gasteiger partial charge >= 0.3 is 0 Å². The van der Waals surface area contributed by atoms with E-state index >= 15 is 0 Å². The summed E-state index contributed by atoms with van der Waals surface area (Å²) in [4.78, 5) is 23.8. The quantitative estimate of drug-likeness (QED) is 0.411. The van der Waals surface area contributed by atoms with Gasteiger partial charge in [-0.05, 0) is 54.4 Å². The molecule has 0 unspecified atom stereocenters. The molecule has 2 aromatic rings. The minimum Gasteiger partial charge on any atom is -0.493 e. The van der Waals surface area contributed by atoms with Crippen LogP contribution in [0.15, 0.2) is 52.0 Å². The third-order valence-electron chi connectivity index (χ3n) is 3.76. The number of hydrogen-bond donors (Lipinski definition) is 2. The van der Waals surface area contributed by atoms with Crippen LogP contribution in [-0.2, 0) is 9.59 Å². The van der Waals surface area contributed by atoms with E-state index < -0.39 is 0 Å². The van der Waals surface area contributed by atoms with E-state index in [0.29, 0.717) is 23.8 Å². The number of ether oxygens (including phenoxy) is 2. The summed E-state index contributed by atoms with van der Waals surface area (Å²) in [5.74, 6) is 0.673. The highest BCUT2D eigenvalue weighted by molar-refractivity contribution is 9.10. The smallest absolute Gasteiger partial charge is 0.240 e. The van der Waals surface area contributed by atoms with E-state index in [9.17, 15) is 9.59 Å². The maximum absolute atomic E-state index is 11.9. The fraction of sp³-hybridized carbons (Fsp3) is 0.286. The molecule has 2 rings (SSSR count). The van der Waals surface area contributed by atoms with E-state index in [1.165, 1.54) is 6.21 Å². The summed E-state index contributed by atoms with van der Waals surface area (Å²) in [6.07, 6.45) is 2.51. The molecule has 7 nitrogen and oxygen atoms in total. The van der Waals surface area contributed by atoms with E-state index in [1.54, 1.807) is 31.4 Å². The number of halogens is 1. The summed E-state index contributed by atoms with van der Waals surface area (Å²) < 4.78 is 11.8. The van der Waals surface area contributed by atoms with Crippen LogP contribution in [0.4, 0.5) is 5.69 Å². The van der Waals surface area contributed by atoms with E-state index in [4.69, 9.17) is 9.47 Å². The zero-order chi connectivity index (χ0) is 21.1. The lowest BCUT2D eigenvalue weighted by atomic mass is 10.2. The second kappa shape index (κ2) is 11.9. The highest BCUT2D eigenvalue weighted by Gasteiger charge is 2.07. The fourth-order valence-corrected chi connectivity index (χ4v) is 2.58. The van der Waals surface area contributed by atoms with Crippen molar-refractivity contribution in [3.63, 3.8) is 0 Å². The molecule has 0 heterocycles. The number of nitrogens with one attached hydrogen (secondary N) is 2. The zero-order valence-corrected chi connectivity index (χ0v) is 18.0. The third-order valence-corrected chi connectivity index (χ3v) is 4.29. The molecule has 0 spiro atoms. The van der Waals surface area contributed by atoms with Crippen molar-refractivity contribution in [2.24, 2.45) is 5.10 Å². The van der Waals surface area contributed by atoms with Gasteiger partial charge in [-0.2, -0.15) is 5.10 Å². The number of carbonyl (C=O) groups excluding carboxylic acids is 2. The second-order valence-corrected chi connectivity index (χ2v) is 7.02. The molecule has 0 aromatic heterocycles. The number of carbonyl (C=O) groups is 2. The lowest BCUT2D eigenvalue weighted by Crippen LogP contribution is -2.20. The summed E-state index contributed by atoms with van der Waals surface area (Å²) in [5, 5.41) is 6.66. The molecule has 0 saturated heterocycles. The maximum Gasteiger partial charge on any atom is 0.240 e. The van der Waals surface area contributed by atoms with Crippen molar-refractivity contribution in [2.45, 2.75) is 26.2 Å². The van der Waals surface area contributed by atoms with Crippen molar-refractivity contribution in [1.29, 1.82) is 0 Å². The van der Waals surface area contributed by atoms with Crippen LogP contribution < -0.4 is 20.2 Å². The normalized spacial score (nSPS) is 10.6. The molecular formula is C21H24BrN3O4. The first kappa shape index (κ1) is 22.4. The highest BCUT2D eigenvalue weighted by atomic mass is 79.9. The van der Waals surface area contributed by atoms with Crippen LogP contribution in [0.5, 0.6) is 11.5 Å². The number of methoxy groups -OCH3 is 1. The molecule has 2 amide bonds. The Kier molecular flexibility index (Phi) is 9.17. The van der Waals surface area contributed by atoms with Crippen LogP contribution in [0, 0.1) is 0 Å². The molecule has 154 valence electrons. The molecule has 0 aliphatic heterocycles. The Labute approximate surface area is 178 Å². The summed E-state index contributed by atoms with van der Waals surface area (Å²) in [7, 11) is 1.57. The first-order valence-corrected chi connectivity index (χ1v) is 9.99. The molecule has 0 fully saturated rings. The van der Waals surface area contributed by atoms with Crippen LogP contribution in [0.2, 0.25) is 0 Å². The molecule has 0 bridgehead atoms. The Morgan fingerprint density at radius 2 is 1.79 bits per heavy atom. The zero-order valence-electron chi connectivity index (χ0n) is 16.4. The number of anilines is 1. The molecule has 0 saturated carbocycles. The van der Waals surface area contributed by atoms with Crippen LogP contribution in [0.3, 0.4) is 0 Å². The molecule has 29 heavy (non-hydrogen) atoms. The third kappa shape index (κ3) is 7.95. The van der Waals surface area contributed by atoms with Gasteiger partial charge in [-0.15, -0.1) is 0 Å². The first-order chi connectivity index (χ1) is 14.0. The number of nitrogens with zero attached hydrogens (tertiary/aromatic N) is 1. The molecule has 2 N–H and O–H groups in total. The van der Waals surface area contributed by atoms with Gasteiger partial charge in [0, 0.05) is 23.0 Å². The first-order valence-electron chi connectivity index (χ1n) is 9.20. The van der Waals surface area contributed by atoms with Gasteiger partial charge in [0.15, 0.2) is 11.5 Å². The van der Waals surface area contributed by atoms with Gasteiger partial charge < -0.3 is 14.8 Å². The van der Waals surface area contributed by atoms with Crippen LogP contribution in [0.1, 0.15) is 31.7 Å². The van der Waals surface area contributed by atoms with Crippen molar-refractivity contribution in [3.05, 3.63) is 52.5 Å². The minimum atomic E-state index is -0.345. The topological polar surface area (TPSA) is 89.0 Å². The second-order valence-electron chi connectivity index (χ2n) is 6.11. The largest absolute Gasteiger partial charge is 0.493 e. The fourth-order valence-electron chi connectivity index (χ4n) is 2.31. The van der Waals surface area contributed by atoms with Crippen LogP contribution in [0.25, 0.3) is 0 Å². The molecule has 8 heteroatoms. The van der Waals surface area contributed by atoms with Gasteiger partial charge in [0.2, 0.25) is 11.8 Å². The number of hydrogen-bond acceptors (Lipinski definition) is 5. The Balaban J connectivity index is 1.78. The monoisotopic (exact) mass is 461 g/mol. The SMILES string of the molecule is CCCOc1ccc(/C=N\NC(=O)CCC(=O)Nc2ccc(Br)cc2)cc1OC. The number of amides is 2. The maximum atomic E-state index is 11.9. The van der Waals surface area contributed by atoms with E-state index in [0.717, 1.165) is 16.5 Å². The van der Waals surface area contributed by atoms with Gasteiger partial charge in [-0.1, -0.05) is 22.9 Å². The molecule has 0 aliphatic rings.